The maximum absolute atomic E-state index is 13.0. The second kappa shape index (κ2) is 9.95. The van der Waals surface area contributed by atoms with Crippen LogP contribution in [0.3, 0.4) is 0 Å². The van der Waals surface area contributed by atoms with Crippen molar-refractivity contribution in [3.8, 4) is 11.4 Å². The minimum absolute atomic E-state index is 0.0595. The van der Waals surface area contributed by atoms with Crippen LogP contribution in [0.25, 0.3) is 11.4 Å². The van der Waals surface area contributed by atoms with Gasteiger partial charge < -0.3 is 14.6 Å². The summed E-state index contributed by atoms with van der Waals surface area (Å²) in [5.41, 5.74) is 3.85. The normalized spacial score (nSPS) is 16.4. The summed E-state index contributed by atoms with van der Waals surface area (Å²) in [5, 5.41) is 7.09. The van der Waals surface area contributed by atoms with E-state index in [1.165, 1.54) is 12.7 Å². The van der Waals surface area contributed by atoms with Crippen LogP contribution in [-0.4, -0.2) is 47.1 Å². The molecule has 1 atom stereocenters. The zero-order chi connectivity index (χ0) is 23.4. The Balaban J connectivity index is 1.38. The molecule has 0 spiro atoms. The Morgan fingerprint density at radius 2 is 1.97 bits per heavy atom. The lowest BCUT2D eigenvalue weighted by Gasteiger charge is -2.31. The molecule has 0 aliphatic carbocycles. The molecule has 0 radical (unpaired) electrons. The molecule has 1 amide bonds. The first-order valence-electron chi connectivity index (χ1n) is 11.1. The second-order valence-corrected chi connectivity index (χ2v) is 8.41. The third-order valence-corrected chi connectivity index (χ3v) is 6.01. The molecule has 3 aromatic rings. The standard InChI is InChI=1S/C25H28N4O4/c1-16-9-11-18(12-10-16)23-27-22(33-28-23)15-29-13-5-6-19(14-29)24(30)26-21-8-4-7-20(17(21)2)25(31)32-3/h4,7-12,19H,5-6,13-15H2,1-3H3,(H,26,30). The van der Waals surface area contributed by atoms with Crippen LogP contribution in [0.2, 0.25) is 0 Å². The first kappa shape index (κ1) is 22.7. The molecule has 2 heterocycles. The highest BCUT2D eigenvalue weighted by Crippen LogP contribution is 2.24. The predicted molar refractivity (Wildman–Crippen MR) is 124 cm³/mol. The molecule has 1 aromatic heterocycles. The van der Waals surface area contributed by atoms with Crippen LogP contribution in [0.5, 0.6) is 0 Å². The van der Waals surface area contributed by atoms with Crippen molar-refractivity contribution in [2.45, 2.75) is 33.2 Å². The van der Waals surface area contributed by atoms with Crippen LogP contribution in [0.15, 0.2) is 47.0 Å². The van der Waals surface area contributed by atoms with Crippen molar-refractivity contribution in [2.75, 3.05) is 25.5 Å². The first-order chi connectivity index (χ1) is 15.9. The van der Waals surface area contributed by atoms with E-state index in [0.717, 1.165) is 24.9 Å². The van der Waals surface area contributed by atoms with Crippen molar-refractivity contribution >= 4 is 17.6 Å². The smallest absolute Gasteiger partial charge is 0.338 e. The summed E-state index contributed by atoms with van der Waals surface area (Å²) in [6.45, 7) is 5.80. The van der Waals surface area contributed by atoms with Gasteiger partial charge in [-0.2, -0.15) is 4.98 Å². The maximum atomic E-state index is 13.0. The summed E-state index contributed by atoms with van der Waals surface area (Å²) in [7, 11) is 1.34. The molecule has 1 unspecified atom stereocenters. The van der Waals surface area contributed by atoms with E-state index in [-0.39, 0.29) is 11.8 Å². The molecule has 8 heteroatoms. The number of anilines is 1. The van der Waals surface area contributed by atoms with Crippen LogP contribution < -0.4 is 5.32 Å². The Hall–Kier alpha value is -3.52. The van der Waals surface area contributed by atoms with E-state index in [2.05, 4.69) is 20.4 Å². The van der Waals surface area contributed by atoms with Crippen LogP contribution >= 0.6 is 0 Å². The molecule has 2 aromatic carbocycles. The van der Waals surface area contributed by atoms with Gasteiger partial charge in [0.1, 0.15) is 0 Å². The van der Waals surface area contributed by atoms with Gasteiger partial charge in [0, 0.05) is 17.8 Å². The van der Waals surface area contributed by atoms with Gasteiger partial charge in [-0.15, -0.1) is 0 Å². The minimum atomic E-state index is -0.419. The number of aromatic nitrogens is 2. The topological polar surface area (TPSA) is 97.6 Å². The monoisotopic (exact) mass is 448 g/mol. The highest BCUT2D eigenvalue weighted by Gasteiger charge is 2.27. The van der Waals surface area contributed by atoms with E-state index in [4.69, 9.17) is 9.26 Å². The highest BCUT2D eigenvalue weighted by atomic mass is 16.5. The molecule has 8 nitrogen and oxygen atoms in total. The van der Waals surface area contributed by atoms with Crippen molar-refractivity contribution < 1.29 is 18.8 Å². The molecule has 4 rings (SSSR count). The number of hydrogen-bond acceptors (Lipinski definition) is 7. The molecule has 1 aliphatic heterocycles. The fourth-order valence-corrected chi connectivity index (χ4v) is 4.08. The number of benzene rings is 2. The number of aryl methyl sites for hydroxylation is 1. The SMILES string of the molecule is COC(=O)c1cccc(NC(=O)C2CCCN(Cc3nc(-c4ccc(C)cc4)no3)C2)c1C. The van der Waals surface area contributed by atoms with E-state index in [1.807, 2.05) is 31.2 Å². The summed E-state index contributed by atoms with van der Waals surface area (Å²) in [6, 6.07) is 13.2. The van der Waals surface area contributed by atoms with Crippen molar-refractivity contribution in [1.29, 1.82) is 0 Å². The quantitative estimate of drug-likeness (QED) is 0.570. The van der Waals surface area contributed by atoms with E-state index in [0.29, 0.717) is 41.6 Å². The lowest BCUT2D eigenvalue weighted by molar-refractivity contribution is -0.121. The molecule has 0 saturated carbocycles. The van der Waals surface area contributed by atoms with Gasteiger partial charge in [-0.05, 0) is 50.9 Å². The number of rotatable bonds is 6. The molecule has 33 heavy (non-hydrogen) atoms. The predicted octanol–water partition coefficient (Wildman–Crippen LogP) is 3.99. The van der Waals surface area contributed by atoms with Gasteiger partial charge in [0.25, 0.3) is 0 Å². The molecule has 1 N–H and O–H groups in total. The van der Waals surface area contributed by atoms with Gasteiger partial charge in [0.2, 0.25) is 17.6 Å². The molecule has 1 aliphatic rings. The lowest BCUT2D eigenvalue weighted by Crippen LogP contribution is -2.40. The summed E-state index contributed by atoms with van der Waals surface area (Å²) < 4.78 is 10.3. The highest BCUT2D eigenvalue weighted by molar-refractivity contribution is 5.97. The Morgan fingerprint density at radius 3 is 2.73 bits per heavy atom. The summed E-state index contributed by atoms with van der Waals surface area (Å²) in [5.74, 6) is 0.456. The van der Waals surface area contributed by atoms with Gasteiger partial charge in [-0.1, -0.05) is 41.1 Å². The van der Waals surface area contributed by atoms with Crippen LogP contribution in [0, 0.1) is 19.8 Å². The van der Waals surface area contributed by atoms with Crippen LogP contribution in [0.4, 0.5) is 5.69 Å². The molecule has 1 fully saturated rings. The Bertz CT molecular complexity index is 1140. The Labute approximate surface area is 192 Å². The number of hydrogen-bond donors (Lipinski definition) is 1. The molecular weight excluding hydrogens is 420 g/mol. The molecule has 1 saturated heterocycles. The lowest BCUT2D eigenvalue weighted by atomic mass is 9.96. The number of piperidine rings is 1. The number of nitrogens with one attached hydrogen (secondary N) is 1. The summed E-state index contributed by atoms with van der Waals surface area (Å²) >= 11 is 0. The van der Waals surface area contributed by atoms with E-state index in [1.54, 1.807) is 25.1 Å². The third-order valence-electron chi connectivity index (χ3n) is 6.01. The Kier molecular flexibility index (Phi) is 6.84. The molecule has 0 bridgehead atoms. The van der Waals surface area contributed by atoms with Crippen LogP contribution in [-0.2, 0) is 16.1 Å². The average molecular weight is 449 g/mol. The Morgan fingerprint density at radius 1 is 1.18 bits per heavy atom. The third kappa shape index (κ3) is 5.28. The van der Waals surface area contributed by atoms with Crippen molar-refractivity contribution in [3.63, 3.8) is 0 Å². The molecular formula is C25H28N4O4. The number of methoxy groups -OCH3 is 1. The summed E-state index contributed by atoms with van der Waals surface area (Å²) in [6.07, 6.45) is 1.70. The fraction of sp³-hybridized carbons (Fsp3) is 0.360. The molecule has 172 valence electrons. The maximum Gasteiger partial charge on any atom is 0.338 e. The van der Waals surface area contributed by atoms with Gasteiger partial charge in [-0.3, -0.25) is 9.69 Å². The number of ether oxygens (including phenoxy) is 1. The number of amides is 1. The van der Waals surface area contributed by atoms with Gasteiger partial charge >= 0.3 is 5.97 Å². The number of carbonyl (C=O) groups is 2. The first-order valence-corrected chi connectivity index (χ1v) is 11.1. The number of esters is 1. The number of likely N-dealkylation sites (tertiary alicyclic amines) is 1. The number of nitrogens with zero attached hydrogens (tertiary/aromatic N) is 3. The van der Waals surface area contributed by atoms with Crippen molar-refractivity contribution in [2.24, 2.45) is 5.92 Å². The van der Waals surface area contributed by atoms with Crippen molar-refractivity contribution in [3.05, 3.63) is 65.0 Å². The van der Waals surface area contributed by atoms with Gasteiger partial charge in [0.15, 0.2) is 0 Å². The zero-order valence-corrected chi connectivity index (χ0v) is 19.1. The van der Waals surface area contributed by atoms with Gasteiger partial charge in [-0.25, -0.2) is 4.79 Å². The number of carbonyl (C=O) groups excluding carboxylic acids is 2. The van der Waals surface area contributed by atoms with E-state index >= 15 is 0 Å². The largest absolute Gasteiger partial charge is 0.465 e. The fourth-order valence-electron chi connectivity index (χ4n) is 4.08. The minimum Gasteiger partial charge on any atom is -0.465 e. The van der Waals surface area contributed by atoms with Crippen LogP contribution in [0.1, 0.15) is 40.2 Å². The average Bonchev–Trinajstić information content (AvgIpc) is 3.29. The van der Waals surface area contributed by atoms with Gasteiger partial charge in [0.05, 0.1) is 25.1 Å². The second-order valence-electron chi connectivity index (χ2n) is 8.41. The summed E-state index contributed by atoms with van der Waals surface area (Å²) in [4.78, 5) is 31.6. The zero-order valence-electron chi connectivity index (χ0n) is 19.1. The van der Waals surface area contributed by atoms with E-state index in [9.17, 15) is 9.59 Å². The van der Waals surface area contributed by atoms with E-state index < -0.39 is 5.97 Å². The van der Waals surface area contributed by atoms with Crippen molar-refractivity contribution in [1.82, 2.24) is 15.0 Å².